The van der Waals surface area contributed by atoms with Gasteiger partial charge in [0.05, 0.1) is 37.7 Å². The van der Waals surface area contributed by atoms with E-state index >= 15 is 0 Å². The summed E-state index contributed by atoms with van der Waals surface area (Å²) in [6.45, 7) is 0.318. The molecule has 7 nitrogen and oxygen atoms in total. The van der Waals surface area contributed by atoms with Crippen molar-refractivity contribution in [3.05, 3.63) is 83.2 Å². The van der Waals surface area contributed by atoms with Gasteiger partial charge in [-0.2, -0.15) is 0 Å². The van der Waals surface area contributed by atoms with E-state index < -0.39 is 0 Å². The van der Waals surface area contributed by atoms with Crippen molar-refractivity contribution in [1.82, 2.24) is 14.7 Å². The predicted octanol–water partition coefficient (Wildman–Crippen LogP) is 4.44. The number of nitrogens with one attached hydrogen (secondary N) is 1. The maximum absolute atomic E-state index is 12.9. The summed E-state index contributed by atoms with van der Waals surface area (Å²) in [6, 6.07) is 12.8. The Morgan fingerprint density at radius 2 is 1.97 bits per heavy atom. The monoisotopic (exact) mass is 439 g/mol. The third-order valence-corrected chi connectivity index (χ3v) is 5.28. The zero-order valence-corrected chi connectivity index (χ0v) is 17.9. The number of benzene rings is 1. The fourth-order valence-electron chi connectivity index (χ4n) is 3.51. The molecule has 0 aliphatic heterocycles. The van der Waals surface area contributed by atoms with E-state index in [1.165, 1.54) is 0 Å². The van der Waals surface area contributed by atoms with Crippen molar-refractivity contribution in [2.45, 2.75) is 18.9 Å². The van der Waals surface area contributed by atoms with Gasteiger partial charge in [0, 0.05) is 30.8 Å². The molecular weight excluding hydrogens is 418 g/mol. The van der Waals surface area contributed by atoms with Crippen molar-refractivity contribution in [3.63, 3.8) is 0 Å². The van der Waals surface area contributed by atoms with Crippen molar-refractivity contribution in [3.8, 4) is 11.5 Å². The van der Waals surface area contributed by atoms with Crippen LogP contribution in [0.2, 0.25) is 5.02 Å². The Hall–Kier alpha value is -3.45. The van der Waals surface area contributed by atoms with Gasteiger partial charge in [-0.15, -0.1) is 0 Å². The molecule has 8 heteroatoms. The molecule has 1 N–H and O–H groups in total. The quantitative estimate of drug-likeness (QED) is 0.439. The SMILES string of the molecule is COc1cc(OC)cc(C(CC(=O)NCc2ccco2)c2cnc3ccc(Cl)cn23)c1. The number of halogens is 1. The summed E-state index contributed by atoms with van der Waals surface area (Å²) in [4.78, 5) is 17.3. The summed E-state index contributed by atoms with van der Waals surface area (Å²) in [5.74, 6) is 1.54. The summed E-state index contributed by atoms with van der Waals surface area (Å²) in [7, 11) is 3.19. The number of rotatable bonds is 8. The molecule has 3 aromatic heterocycles. The van der Waals surface area contributed by atoms with Gasteiger partial charge in [0.1, 0.15) is 22.9 Å². The molecule has 0 aliphatic rings. The number of imidazole rings is 1. The number of hydrogen-bond donors (Lipinski definition) is 1. The molecule has 0 aliphatic carbocycles. The van der Waals surface area contributed by atoms with Crippen LogP contribution in [0.1, 0.15) is 29.4 Å². The van der Waals surface area contributed by atoms with Crippen LogP contribution in [0.15, 0.2) is 65.5 Å². The van der Waals surface area contributed by atoms with Gasteiger partial charge < -0.3 is 23.6 Å². The number of hydrogen-bond acceptors (Lipinski definition) is 5. The van der Waals surface area contributed by atoms with Crippen molar-refractivity contribution in [1.29, 1.82) is 0 Å². The number of furan rings is 1. The first-order valence-electron chi connectivity index (χ1n) is 9.72. The number of nitrogens with zero attached hydrogens (tertiary/aromatic N) is 2. The van der Waals surface area contributed by atoms with E-state index in [0.29, 0.717) is 28.8 Å². The molecule has 0 spiro atoms. The van der Waals surface area contributed by atoms with Crippen LogP contribution in [0.4, 0.5) is 0 Å². The Morgan fingerprint density at radius 1 is 1.19 bits per heavy atom. The lowest BCUT2D eigenvalue weighted by atomic mass is 9.91. The predicted molar refractivity (Wildman–Crippen MR) is 117 cm³/mol. The van der Waals surface area contributed by atoms with E-state index in [0.717, 1.165) is 16.9 Å². The third kappa shape index (κ3) is 4.67. The molecule has 1 amide bonds. The fourth-order valence-corrected chi connectivity index (χ4v) is 3.67. The number of ether oxygens (including phenoxy) is 2. The van der Waals surface area contributed by atoms with Gasteiger partial charge in [-0.1, -0.05) is 11.6 Å². The fraction of sp³-hybridized carbons (Fsp3) is 0.217. The van der Waals surface area contributed by atoms with Crippen molar-refractivity contribution < 1.29 is 18.7 Å². The van der Waals surface area contributed by atoms with Crippen LogP contribution in [-0.2, 0) is 11.3 Å². The first kappa shape index (κ1) is 20.8. The molecule has 0 radical (unpaired) electrons. The molecule has 3 heterocycles. The number of carbonyl (C=O) groups excluding carboxylic acids is 1. The van der Waals surface area contributed by atoms with Crippen molar-refractivity contribution in [2.75, 3.05) is 14.2 Å². The lowest BCUT2D eigenvalue weighted by Gasteiger charge is -2.19. The molecule has 160 valence electrons. The molecule has 0 saturated carbocycles. The molecule has 4 aromatic rings. The Morgan fingerprint density at radius 3 is 2.65 bits per heavy atom. The largest absolute Gasteiger partial charge is 0.497 e. The molecule has 1 unspecified atom stereocenters. The highest BCUT2D eigenvalue weighted by Gasteiger charge is 2.23. The maximum Gasteiger partial charge on any atom is 0.221 e. The maximum atomic E-state index is 12.9. The molecule has 1 atom stereocenters. The molecule has 31 heavy (non-hydrogen) atoms. The van der Waals surface area contributed by atoms with Crippen LogP contribution < -0.4 is 14.8 Å². The van der Waals surface area contributed by atoms with Crippen LogP contribution in [0.25, 0.3) is 5.65 Å². The Bertz CT molecular complexity index is 1160. The second kappa shape index (κ2) is 9.14. The van der Waals surface area contributed by atoms with Gasteiger partial charge in [-0.05, 0) is 42.0 Å². The number of fused-ring (bicyclic) bond motifs is 1. The number of amides is 1. The number of methoxy groups -OCH3 is 2. The van der Waals surface area contributed by atoms with Crippen molar-refractivity contribution in [2.24, 2.45) is 0 Å². The second-order valence-corrected chi connectivity index (χ2v) is 7.45. The Kier molecular flexibility index (Phi) is 6.13. The standard InChI is InChI=1S/C23H22ClN3O4/c1-29-18-8-15(9-19(10-18)30-2)20(11-23(28)26-12-17-4-3-7-31-17)21-13-25-22-6-5-16(24)14-27(21)22/h3-10,13-14,20H,11-12H2,1-2H3,(H,26,28). The smallest absolute Gasteiger partial charge is 0.221 e. The van der Waals surface area contributed by atoms with E-state index in [1.54, 1.807) is 51.1 Å². The average Bonchev–Trinajstić information content (AvgIpc) is 3.45. The highest BCUT2D eigenvalue weighted by atomic mass is 35.5. The Balaban J connectivity index is 1.71. The van der Waals surface area contributed by atoms with Gasteiger partial charge in [-0.3, -0.25) is 4.79 Å². The minimum atomic E-state index is -0.311. The number of carbonyl (C=O) groups is 1. The van der Waals surface area contributed by atoms with Gasteiger partial charge >= 0.3 is 0 Å². The summed E-state index contributed by atoms with van der Waals surface area (Å²) < 4.78 is 18.1. The highest BCUT2D eigenvalue weighted by Crippen LogP contribution is 2.34. The minimum absolute atomic E-state index is 0.125. The molecule has 0 saturated heterocycles. The first-order valence-corrected chi connectivity index (χ1v) is 10.1. The van der Waals surface area contributed by atoms with Gasteiger partial charge in [0.15, 0.2) is 0 Å². The molecule has 4 rings (SSSR count). The highest BCUT2D eigenvalue weighted by molar-refractivity contribution is 6.30. The summed E-state index contributed by atoms with van der Waals surface area (Å²) in [6.07, 6.45) is 5.33. The molecular formula is C23H22ClN3O4. The van der Waals surface area contributed by atoms with Crippen LogP contribution in [0, 0.1) is 0 Å². The molecule has 1 aromatic carbocycles. The van der Waals surface area contributed by atoms with E-state index in [-0.39, 0.29) is 18.2 Å². The lowest BCUT2D eigenvalue weighted by Crippen LogP contribution is -2.25. The lowest BCUT2D eigenvalue weighted by molar-refractivity contribution is -0.121. The second-order valence-electron chi connectivity index (χ2n) is 7.02. The van der Waals surface area contributed by atoms with Crippen molar-refractivity contribution >= 4 is 23.2 Å². The first-order chi connectivity index (χ1) is 15.1. The Labute approximate surface area is 184 Å². The van der Waals surface area contributed by atoms with E-state index in [1.807, 2.05) is 28.7 Å². The zero-order valence-electron chi connectivity index (χ0n) is 17.2. The topological polar surface area (TPSA) is 78.0 Å². The summed E-state index contributed by atoms with van der Waals surface area (Å²) >= 11 is 6.23. The average molecular weight is 440 g/mol. The number of pyridine rings is 1. The van der Waals surface area contributed by atoms with Crippen LogP contribution in [0.5, 0.6) is 11.5 Å². The van der Waals surface area contributed by atoms with E-state index in [4.69, 9.17) is 25.5 Å². The van der Waals surface area contributed by atoms with Gasteiger partial charge in [-0.25, -0.2) is 4.98 Å². The van der Waals surface area contributed by atoms with Crippen LogP contribution >= 0.6 is 11.6 Å². The summed E-state index contributed by atoms with van der Waals surface area (Å²) in [5, 5.41) is 3.49. The minimum Gasteiger partial charge on any atom is -0.497 e. The van der Waals surface area contributed by atoms with Crippen LogP contribution in [-0.4, -0.2) is 29.5 Å². The van der Waals surface area contributed by atoms with Crippen LogP contribution in [0.3, 0.4) is 0 Å². The van der Waals surface area contributed by atoms with E-state index in [9.17, 15) is 4.79 Å². The van der Waals surface area contributed by atoms with E-state index in [2.05, 4.69) is 10.3 Å². The molecule has 0 bridgehead atoms. The van der Waals surface area contributed by atoms with Gasteiger partial charge in [0.2, 0.25) is 5.91 Å². The number of aromatic nitrogens is 2. The summed E-state index contributed by atoms with van der Waals surface area (Å²) in [5.41, 5.74) is 2.45. The third-order valence-electron chi connectivity index (χ3n) is 5.06. The normalized spacial score (nSPS) is 12.0. The van der Waals surface area contributed by atoms with Gasteiger partial charge in [0.25, 0.3) is 0 Å². The molecule has 0 fully saturated rings. The zero-order chi connectivity index (χ0) is 21.8.